The lowest BCUT2D eigenvalue weighted by Gasteiger charge is -2.26. The molecule has 206 valence electrons. The average molecular weight is 556 g/mol. The summed E-state index contributed by atoms with van der Waals surface area (Å²) in [4.78, 5) is 12.4. The van der Waals surface area contributed by atoms with E-state index >= 15 is 0 Å². The summed E-state index contributed by atoms with van der Waals surface area (Å²) in [6.07, 6.45) is 17.0. The molecular weight excluding hydrogens is 526 g/mol. The van der Waals surface area contributed by atoms with Gasteiger partial charge in [-0.05, 0) is 103 Å². The van der Waals surface area contributed by atoms with Gasteiger partial charge in [0.2, 0.25) is 0 Å². The number of aromatic nitrogens is 4. The van der Waals surface area contributed by atoms with Gasteiger partial charge >= 0.3 is 0 Å². The van der Waals surface area contributed by atoms with Crippen LogP contribution in [0.1, 0.15) is 34.4 Å². The first-order chi connectivity index (χ1) is 21.2. The van der Waals surface area contributed by atoms with Crippen LogP contribution in [0.4, 0.5) is 0 Å². The van der Waals surface area contributed by atoms with E-state index in [-0.39, 0.29) is 6.04 Å². The zero-order valence-electron chi connectivity index (χ0n) is 23.7. The maximum atomic E-state index is 5.08. The molecule has 0 N–H and O–H groups in total. The number of hydrogen-bond donors (Lipinski definition) is 0. The fourth-order valence-corrected chi connectivity index (χ4v) is 6.10. The summed E-state index contributed by atoms with van der Waals surface area (Å²) < 4.78 is 4.58. The maximum Gasteiger partial charge on any atom is 0.0742 e. The van der Waals surface area contributed by atoms with Gasteiger partial charge in [-0.25, -0.2) is 9.97 Å². The largest absolute Gasteiger partial charge is 0.370 e. The van der Waals surface area contributed by atoms with E-state index in [0.717, 1.165) is 56.2 Å². The van der Waals surface area contributed by atoms with Crippen LogP contribution in [0, 0.1) is 0 Å². The summed E-state index contributed by atoms with van der Waals surface area (Å²) in [6, 6.07) is 36.3. The summed E-state index contributed by atoms with van der Waals surface area (Å²) in [5.41, 5.74) is 11.3. The van der Waals surface area contributed by atoms with Gasteiger partial charge in [0.15, 0.2) is 0 Å². The third-order valence-electron chi connectivity index (χ3n) is 8.09. The standard InChI is InChI=1S/C38H29N5/c1-41-21-9-8-14-37(41)36-26-35-24-29-16-15-27(39-29)22-33-19-20-34(42(33)31-10-4-2-5-11-31)23-28-17-18-30(40-28)25-38(36)43(35)32-12-6-3-7-13-32/h2-26,37H,1H3. The van der Waals surface area contributed by atoms with Gasteiger partial charge in [0.05, 0.1) is 34.3 Å². The molecule has 1 atom stereocenters. The van der Waals surface area contributed by atoms with Crippen LogP contribution in [0.2, 0.25) is 0 Å². The lowest BCUT2D eigenvalue weighted by Crippen LogP contribution is -2.18. The predicted molar refractivity (Wildman–Crippen MR) is 178 cm³/mol. The summed E-state index contributed by atoms with van der Waals surface area (Å²) >= 11 is 0. The first-order valence-corrected chi connectivity index (χ1v) is 14.5. The molecule has 8 rings (SSSR count). The van der Waals surface area contributed by atoms with Crippen molar-refractivity contribution < 1.29 is 0 Å². The van der Waals surface area contributed by atoms with E-state index in [2.05, 4.69) is 167 Å². The van der Waals surface area contributed by atoms with Crippen LogP contribution < -0.4 is 0 Å². The van der Waals surface area contributed by atoms with Crippen molar-refractivity contribution in [2.75, 3.05) is 7.05 Å². The van der Waals surface area contributed by atoms with Crippen LogP contribution in [0.15, 0.2) is 128 Å². The van der Waals surface area contributed by atoms with Crippen LogP contribution in [-0.2, 0) is 0 Å². The molecule has 0 saturated heterocycles. The monoisotopic (exact) mass is 555 g/mol. The van der Waals surface area contributed by atoms with E-state index in [9.17, 15) is 0 Å². The van der Waals surface area contributed by atoms with E-state index in [0.29, 0.717) is 0 Å². The van der Waals surface area contributed by atoms with E-state index < -0.39 is 0 Å². The Bertz CT molecular complexity index is 2140. The molecule has 0 radical (unpaired) electrons. The molecule has 0 spiro atoms. The summed E-state index contributed by atoms with van der Waals surface area (Å²) in [5.74, 6) is 0. The number of fused-ring (bicyclic) bond motifs is 8. The highest BCUT2D eigenvalue weighted by Crippen LogP contribution is 2.34. The van der Waals surface area contributed by atoms with Gasteiger partial charge in [0.1, 0.15) is 0 Å². The molecule has 0 fully saturated rings. The molecule has 6 heterocycles. The van der Waals surface area contributed by atoms with Crippen LogP contribution in [0.25, 0.3) is 57.7 Å². The predicted octanol–water partition coefficient (Wildman–Crippen LogP) is 8.64. The Kier molecular flexibility index (Phi) is 6.00. The minimum absolute atomic E-state index is 0.0835. The highest BCUT2D eigenvalue weighted by molar-refractivity contribution is 5.81. The molecule has 0 aliphatic carbocycles. The molecule has 3 aliphatic heterocycles. The Morgan fingerprint density at radius 2 is 1.07 bits per heavy atom. The van der Waals surface area contributed by atoms with Crippen molar-refractivity contribution in [2.45, 2.75) is 6.04 Å². The molecule has 1 unspecified atom stereocenters. The third-order valence-corrected chi connectivity index (χ3v) is 8.09. The van der Waals surface area contributed by atoms with Crippen LogP contribution >= 0.6 is 0 Å². The number of hydrogen-bond acceptors (Lipinski definition) is 3. The number of likely N-dealkylation sites (N-methyl/N-ethyl adjacent to an activating group) is 1. The first kappa shape index (κ1) is 25.1. The van der Waals surface area contributed by atoms with Crippen molar-refractivity contribution in [2.24, 2.45) is 0 Å². The van der Waals surface area contributed by atoms with Gasteiger partial charge < -0.3 is 14.0 Å². The SMILES string of the molecule is CN1C=CC=CC1c1cc2cc3nc(cc4ccc(cc5nc(cc1n2-c1ccccc1)C=C5)n4-c1ccccc1)C=C3. The topological polar surface area (TPSA) is 38.9 Å². The summed E-state index contributed by atoms with van der Waals surface area (Å²) in [6.45, 7) is 0. The van der Waals surface area contributed by atoms with Crippen LogP contribution in [0.5, 0.6) is 0 Å². The van der Waals surface area contributed by atoms with Gasteiger partial charge in [0.25, 0.3) is 0 Å². The second kappa shape index (κ2) is 10.3. The van der Waals surface area contributed by atoms with Crippen molar-refractivity contribution in [3.05, 3.63) is 156 Å². The molecule has 5 nitrogen and oxygen atoms in total. The fourth-order valence-electron chi connectivity index (χ4n) is 6.10. The Morgan fingerprint density at radius 3 is 1.65 bits per heavy atom. The first-order valence-electron chi connectivity index (χ1n) is 14.5. The second-order valence-electron chi connectivity index (χ2n) is 10.9. The Labute approximate surface area is 250 Å². The average Bonchev–Trinajstić information content (AvgIpc) is 3.83. The van der Waals surface area contributed by atoms with E-state index in [1.54, 1.807) is 0 Å². The lowest BCUT2D eigenvalue weighted by atomic mass is 10.0. The molecule has 5 aromatic rings. The van der Waals surface area contributed by atoms with Crippen molar-refractivity contribution in [3.63, 3.8) is 0 Å². The molecule has 3 aliphatic rings. The highest BCUT2D eigenvalue weighted by Gasteiger charge is 2.20. The zero-order chi connectivity index (χ0) is 28.8. The number of nitrogens with zero attached hydrogens (tertiary/aromatic N) is 5. The van der Waals surface area contributed by atoms with E-state index in [1.165, 1.54) is 5.56 Å². The number of allylic oxidation sites excluding steroid dienone is 2. The van der Waals surface area contributed by atoms with Crippen molar-refractivity contribution >= 4 is 46.4 Å². The molecule has 43 heavy (non-hydrogen) atoms. The minimum Gasteiger partial charge on any atom is -0.370 e. The fraction of sp³-hybridized carbons (Fsp3) is 0.0526. The number of benzene rings is 2. The van der Waals surface area contributed by atoms with Gasteiger partial charge in [-0.1, -0.05) is 48.6 Å². The summed E-state index contributed by atoms with van der Waals surface area (Å²) in [7, 11) is 2.12. The highest BCUT2D eigenvalue weighted by atomic mass is 15.1. The Morgan fingerprint density at radius 1 is 0.535 bits per heavy atom. The number of rotatable bonds is 3. The molecule has 0 amide bonds. The Balaban J connectivity index is 1.49. The molecule has 8 bridgehead atoms. The van der Waals surface area contributed by atoms with Gasteiger partial charge in [-0.3, -0.25) is 0 Å². The maximum absolute atomic E-state index is 5.08. The van der Waals surface area contributed by atoms with Crippen molar-refractivity contribution in [1.82, 2.24) is 24.0 Å². The van der Waals surface area contributed by atoms with E-state index in [1.807, 2.05) is 6.07 Å². The summed E-state index contributed by atoms with van der Waals surface area (Å²) in [5, 5.41) is 0. The molecule has 0 saturated carbocycles. The van der Waals surface area contributed by atoms with Crippen molar-refractivity contribution in [1.29, 1.82) is 0 Å². The normalized spacial score (nSPS) is 15.4. The van der Waals surface area contributed by atoms with Crippen molar-refractivity contribution in [3.8, 4) is 11.4 Å². The van der Waals surface area contributed by atoms with Gasteiger partial charge in [-0.15, -0.1) is 0 Å². The molecule has 5 heteroatoms. The van der Waals surface area contributed by atoms with Crippen LogP contribution in [-0.4, -0.2) is 31.0 Å². The van der Waals surface area contributed by atoms with Gasteiger partial charge in [0, 0.05) is 40.5 Å². The molecule has 3 aromatic heterocycles. The lowest BCUT2D eigenvalue weighted by molar-refractivity contribution is 0.392. The minimum atomic E-state index is 0.0835. The zero-order valence-corrected chi connectivity index (χ0v) is 23.7. The Hall–Kier alpha value is -5.68. The third kappa shape index (κ3) is 4.61. The quantitative estimate of drug-likeness (QED) is 0.219. The second-order valence-corrected chi connectivity index (χ2v) is 10.9. The van der Waals surface area contributed by atoms with E-state index in [4.69, 9.17) is 9.97 Å². The molecular formula is C38H29N5. The van der Waals surface area contributed by atoms with Crippen LogP contribution in [0.3, 0.4) is 0 Å². The van der Waals surface area contributed by atoms with Gasteiger partial charge in [-0.2, -0.15) is 0 Å². The smallest absolute Gasteiger partial charge is 0.0742 e. The number of para-hydroxylation sites is 2. The molecule has 2 aromatic carbocycles.